The lowest BCUT2D eigenvalue weighted by Crippen LogP contribution is -2.37. The first-order valence-corrected chi connectivity index (χ1v) is 7.58. The minimum absolute atomic E-state index is 0.0434. The molecule has 0 radical (unpaired) electrons. The molecule has 108 valence electrons. The summed E-state index contributed by atoms with van der Waals surface area (Å²) in [5, 5.41) is 12.9. The van der Waals surface area contributed by atoms with Crippen LogP contribution in [-0.2, 0) is 7.05 Å². The molecule has 0 unspecified atom stereocenters. The molecule has 3 rings (SSSR count). The molecule has 1 atom stereocenters. The van der Waals surface area contributed by atoms with Crippen molar-refractivity contribution in [3.05, 3.63) is 34.4 Å². The van der Waals surface area contributed by atoms with Gasteiger partial charge in [-0.15, -0.1) is 0 Å². The van der Waals surface area contributed by atoms with Gasteiger partial charge in [0.05, 0.1) is 0 Å². The second-order valence-corrected chi connectivity index (χ2v) is 6.21. The highest BCUT2D eigenvalue weighted by atomic mass is 79.9. The van der Waals surface area contributed by atoms with Crippen molar-refractivity contribution in [1.82, 2.24) is 14.8 Å². The maximum Gasteiger partial charge on any atom is 0.268 e. The first-order chi connectivity index (χ1) is 10.1. The van der Waals surface area contributed by atoms with Crippen molar-refractivity contribution in [2.75, 3.05) is 13.1 Å². The van der Waals surface area contributed by atoms with E-state index in [1.807, 2.05) is 35.9 Å². The Morgan fingerprint density at radius 3 is 3.00 bits per heavy atom. The molecule has 1 N–H and O–H groups in total. The minimum Gasteiger partial charge on any atom is -0.346 e. The number of likely N-dealkylation sites (tertiary alicyclic amines) is 1. The zero-order valence-corrected chi connectivity index (χ0v) is 13.2. The Morgan fingerprint density at radius 2 is 2.29 bits per heavy atom. The van der Waals surface area contributed by atoms with E-state index in [2.05, 4.69) is 27.4 Å². The number of nitrogens with one attached hydrogen (secondary N) is 1. The second-order valence-electron chi connectivity index (χ2n) is 5.30. The smallest absolute Gasteiger partial charge is 0.268 e. The highest BCUT2D eigenvalue weighted by molar-refractivity contribution is 9.10. The van der Waals surface area contributed by atoms with Crippen molar-refractivity contribution in [2.24, 2.45) is 7.05 Å². The summed E-state index contributed by atoms with van der Waals surface area (Å²) in [6.07, 6.45) is 2.93. The van der Waals surface area contributed by atoms with Gasteiger partial charge in [-0.05, 0) is 24.6 Å². The van der Waals surface area contributed by atoms with Gasteiger partial charge >= 0.3 is 0 Å². The van der Waals surface area contributed by atoms with Gasteiger partial charge in [-0.3, -0.25) is 4.79 Å². The summed E-state index contributed by atoms with van der Waals surface area (Å²) in [6, 6.07) is 7.89. The molecule has 0 bridgehead atoms. The Hall–Kier alpha value is -2.00. The van der Waals surface area contributed by atoms with E-state index in [-0.39, 0.29) is 11.9 Å². The molecule has 6 heteroatoms. The van der Waals surface area contributed by atoms with Crippen LogP contribution in [0.15, 0.2) is 28.7 Å². The van der Waals surface area contributed by atoms with Gasteiger partial charge in [0.2, 0.25) is 0 Å². The number of amides is 1. The van der Waals surface area contributed by atoms with Crippen LogP contribution in [-0.4, -0.2) is 34.5 Å². The summed E-state index contributed by atoms with van der Waals surface area (Å²) in [6.45, 7) is 1.31. The molecule has 1 amide bonds. The van der Waals surface area contributed by atoms with Crippen molar-refractivity contribution >= 4 is 32.7 Å². The largest absolute Gasteiger partial charge is 0.346 e. The summed E-state index contributed by atoms with van der Waals surface area (Å²) in [7, 11) is 1.89. The van der Waals surface area contributed by atoms with Crippen LogP contribution in [0, 0.1) is 11.5 Å². The fourth-order valence-electron chi connectivity index (χ4n) is 2.75. The fraction of sp³-hybridized carbons (Fsp3) is 0.333. The molecule has 0 saturated carbocycles. The first kappa shape index (κ1) is 14.0. The van der Waals surface area contributed by atoms with Crippen LogP contribution < -0.4 is 5.32 Å². The third-order valence-electron chi connectivity index (χ3n) is 3.90. The van der Waals surface area contributed by atoms with E-state index in [0.717, 1.165) is 21.8 Å². The van der Waals surface area contributed by atoms with Gasteiger partial charge in [0.15, 0.2) is 6.19 Å². The average molecular weight is 347 g/mol. The minimum atomic E-state index is -0.0883. The van der Waals surface area contributed by atoms with Crippen molar-refractivity contribution in [2.45, 2.75) is 12.5 Å². The normalized spacial score (nSPS) is 18.0. The van der Waals surface area contributed by atoms with E-state index in [0.29, 0.717) is 18.8 Å². The van der Waals surface area contributed by atoms with Crippen molar-refractivity contribution in [3.8, 4) is 6.19 Å². The maximum atomic E-state index is 12.4. The van der Waals surface area contributed by atoms with Crippen LogP contribution in [0.4, 0.5) is 0 Å². The van der Waals surface area contributed by atoms with Crippen LogP contribution in [0.1, 0.15) is 16.9 Å². The van der Waals surface area contributed by atoms with Gasteiger partial charge in [0, 0.05) is 41.6 Å². The van der Waals surface area contributed by atoms with Crippen molar-refractivity contribution in [1.29, 1.82) is 5.26 Å². The summed E-state index contributed by atoms with van der Waals surface area (Å²) in [5.74, 6) is -0.0883. The standard InChI is InChI=1S/C15H15BrN4O/c1-19-13-7-11(16)3-2-10(13)6-14(19)15(21)18-12-4-5-20(8-12)9-17/h2-3,6-7,12H,4-5,8H2,1H3,(H,18,21)/t12-/m1/s1. The lowest BCUT2D eigenvalue weighted by Gasteiger charge is -2.12. The summed E-state index contributed by atoms with van der Waals surface area (Å²) < 4.78 is 2.88. The maximum absolute atomic E-state index is 12.4. The number of halogens is 1. The predicted octanol–water partition coefficient (Wildman–Crippen LogP) is 2.23. The van der Waals surface area contributed by atoms with Crippen LogP contribution in [0.2, 0.25) is 0 Å². The number of hydrogen-bond acceptors (Lipinski definition) is 3. The Kier molecular flexibility index (Phi) is 3.60. The lowest BCUT2D eigenvalue weighted by molar-refractivity contribution is 0.0931. The van der Waals surface area contributed by atoms with Gasteiger partial charge < -0.3 is 14.8 Å². The molecule has 1 aromatic heterocycles. The average Bonchev–Trinajstić information content (AvgIpc) is 3.04. The van der Waals surface area contributed by atoms with Gasteiger partial charge in [-0.2, -0.15) is 5.26 Å². The fourth-order valence-corrected chi connectivity index (χ4v) is 3.10. The van der Waals surface area contributed by atoms with Crippen LogP contribution >= 0.6 is 15.9 Å². The second kappa shape index (κ2) is 5.41. The molecule has 21 heavy (non-hydrogen) atoms. The molecule has 1 aromatic carbocycles. The molecule has 1 fully saturated rings. The first-order valence-electron chi connectivity index (χ1n) is 6.79. The number of carbonyl (C=O) groups is 1. The zero-order chi connectivity index (χ0) is 15.0. The van der Waals surface area contributed by atoms with Crippen LogP contribution in [0.5, 0.6) is 0 Å². The van der Waals surface area contributed by atoms with Crippen LogP contribution in [0.3, 0.4) is 0 Å². The predicted molar refractivity (Wildman–Crippen MR) is 83.7 cm³/mol. The number of hydrogen-bond donors (Lipinski definition) is 1. The monoisotopic (exact) mass is 346 g/mol. The number of aryl methyl sites for hydroxylation is 1. The summed E-state index contributed by atoms with van der Waals surface area (Å²) in [5.41, 5.74) is 1.65. The molecule has 0 aliphatic carbocycles. The third-order valence-corrected chi connectivity index (χ3v) is 4.40. The van der Waals surface area contributed by atoms with E-state index in [9.17, 15) is 4.79 Å². The highest BCUT2D eigenvalue weighted by Gasteiger charge is 2.24. The number of nitrogens with zero attached hydrogens (tertiary/aromatic N) is 3. The van der Waals surface area contributed by atoms with Gasteiger partial charge in [0.1, 0.15) is 5.69 Å². The van der Waals surface area contributed by atoms with E-state index >= 15 is 0 Å². The SMILES string of the molecule is Cn1c(C(=O)N[C@@H]2CCN(C#N)C2)cc2ccc(Br)cc21. The van der Waals surface area contributed by atoms with Crippen molar-refractivity contribution < 1.29 is 4.79 Å². The van der Waals surface area contributed by atoms with Crippen molar-refractivity contribution in [3.63, 3.8) is 0 Å². The quantitative estimate of drug-likeness (QED) is 0.848. The molecular weight excluding hydrogens is 332 g/mol. The van der Waals surface area contributed by atoms with E-state index in [1.54, 1.807) is 4.90 Å². The molecular formula is C15H15BrN4O. The molecule has 2 aromatic rings. The molecule has 0 spiro atoms. The lowest BCUT2D eigenvalue weighted by atomic mass is 10.2. The molecule has 1 saturated heterocycles. The van der Waals surface area contributed by atoms with E-state index in [1.165, 1.54) is 0 Å². The molecule has 1 aliphatic rings. The van der Waals surface area contributed by atoms with Gasteiger partial charge in [-0.1, -0.05) is 22.0 Å². The zero-order valence-electron chi connectivity index (χ0n) is 11.6. The van der Waals surface area contributed by atoms with Gasteiger partial charge in [0.25, 0.3) is 5.91 Å². The molecule has 5 nitrogen and oxygen atoms in total. The van der Waals surface area contributed by atoms with Crippen LogP contribution in [0.25, 0.3) is 10.9 Å². The van der Waals surface area contributed by atoms with Gasteiger partial charge in [-0.25, -0.2) is 0 Å². The number of nitriles is 1. The Balaban J connectivity index is 1.82. The Labute approximate surface area is 131 Å². The van der Waals surface area contributed by atoms with E-state index in [4.69, 9.17) is 5.26 Å². The summed E-state index contributed by atoms with van der Waals surface area (Å²) in [4.78, 5) is 14.1. The Bertz CT molecular complexity index is 746. The number of benzene rings is 1. The molecule has 2 heterocycles. The number of rotatable bonds is 2. The number of carbonyl (C=O) groups excluding carboxylic acids is 1. The number of aromatic nitrogens is 1. The van der Waals surface area contributed by atoms with E-state index < -0.39 is 0 Å². The summed E-state index contributed by atoms with van der Waals surface area (Å²) >= 11 is 3.45. The highest BCUT2D eigenvalue weighted by Crippen LogP contribution is 2.23. The molecule has 1 aliphatic heterocycles. The third kappa shape index (κ3) is 2.61. The topological polar surface area (TPSA) is 61.1 Å². The Morgan fingerprint density at radius 1 is 1.48 bits per heavy atom. The number of fused-ring (bicyclic) bond motifs is 1.